The molecule has 2 rings (SSSR count). The van der Waals surface area contributed by atoms with E-state index >= 15 is 0 Å². The first-order valence-electron chi connectivity index (χ1n) is 5.53. The van der Waals surface area contributed by atoms with Crippen LogP contribution in [0.15, 0.2) is 24.5 Å². The fourth-order valence-corrected chi connectivity index (χ4v) is 1.65. The highest BCUT2D eigenvalue weighted by Gasteiger charge is 2.14. The number of nitrogens with zero attached hydrogens (tertiary/aromatic N) is 3. The first kappa shape index (κ1) is 12.6. The molecule has 1 heterocycles. The number of nitro groups is 1. The standard InChI is InChI=1S/C12H11N5O2/c1-8-11(16-7-15-8)6-14-10-3-2-9(5-13)4-12(10)17(18)19/h2-4,7,14H,6H2,1H3,(H,15,16). The summed E-state index contributed by atoms with van der Waals surface area (Å²) in [5, 5.41) is 22.7. The van der Waals surface area contributed by atoms with Gasteiger partial charge in [-0.25, -0.2) is 4.98 Å². The van der Waals surface area contributed by atoms with Gasteiger partial charge in [0, 0.05) is 11.8 Å². The van der Waals surface area contributed by atoms with E-state index in [1.54, 1.807) is 6.33 Å². The average molecular weight is 257 g/mol. The lowest BCUT2D eigenvalue weighted by molar-refractivity contribution is -0.384. The number of aromatic nitrogens is 2. The first-order chi connectivity index (χ1) is 9.11. The van der Waals surface area contributed by atoms with Crippen LogP contribution < -0.4 is 5.32 Å². The number of nitro benzene ring substituents is 1. The molecule has 7 heteroatoms. The maximum atomic E-state index is 11.0. The van der Waals surface area contributed by atoms with Crippen LogP contribution in [0.3, 0.4) is 0 Å². The molecule has 96 valence electrons. The second-order valence-electron chi connectivity index (χ2n) is 3.93. The van der Waals surface area contributed by atoms with E-state index in [1.807, 2.05) is 13.0 Å². The Bertz CT molecular complexity index is 656. The topological polar surface area (TPSA) is 108 Å². The number of aryl methyl sites for hydroxylation is 1. The number of rotatable bonds is 4. The van der Waals surface area contributed by atoms with Gasteiger partial charge in [0.1, 0.15) is 5.69 Å². The molecule has 1 aromatic carbocycles. The first-order valence-corrected chi connectivity index (χ1v) is 5.53. The third-order valence-corrected chi connectivity index (χ3v) is 2.70. The van der Waals surface area contributed by atoms with Crippen molar-refractivity contribution in [2.45, 2.75) is 13.5 Å². The predicted octanol–water partition coefficient (Wildman–Crippen LogP) is 2.11. The molecule has 19 heavy (non-hydrogen) atoms. The quantitative estimate of drug-likeness (QED) is 0.644. The van der Waals surface area contributed by atoms with Crippen molar-refractivity contribution in [2.75, 3.05) is 5.32 Å². The van der Waals surface area contributed by atoms with Crippen LogP contribution in [0.5, 0.6) is 0 Å². The van der Waals surface area contributed by atoms with Crippen LogP contribution in [-0.4, -0.2) is 14.9 Å². The van der Waals surface area contributed by atoms with Gasteiger partial charge in [0.15, 0.2) is 0 Å². The average Bonchev–Trinajstić information content (AvgIpc) is 2.81. The summed E-state index contributed by atoms with van der Waals surface area (Å²) in [5.41, 5.74) is 2.20. The van der Waals surface area contributed by atoms with Gasteiger partial charge in [0.05, 0.1) is 35.1 Å². The van der Waals surface area contributed by atoms with E-state index in [4.69, 9.17) is 5.26 Å². The van der Waals surface area contributed by atoms with E-state index in [9.17, 15) is 10.1 Å². The Morgan fingerprint density at radius 1 is 1.58 bits per heavy atom. The van der Waals surface area contributed by atoms with Gasteiger partial charge in [-0.1, -0.05) is 0 Å². The molecule has 2 aromatic rings. The molecule has 7 nitrogen and oxygen atoms in total. The summed E-state index contributed by atoms with van der Waals surface area (Å²) in [6.45, 7) is 2.25. The molecule has 2 N–H and O–H groups in total. The Labute approximate surface area is 109 Å². The van der Waals surface area contributed by atoms with Gasteiger partial charge in [-0.3, -0.25) is 10.1 Å². The Morgan fingerprint density at radius 3 is 2.95 bits per heavy atom. The Hall–Kier alpha value is -2.88. The van der Waals surface area contributed by atoms with E-state index in [1.165, 1.54) is 18.2 Å². The molecule has 0 fully saturated rings. The highest BCUT2D eigenvalue weighted by Crippen LogP contribution is 2.25. The van der Waals surface area contributed by atoms with Crippen LogP contribution in [0.25, 0.3) is 0 Å². The SMILES string of the molecule is Cc1[nH]cnc1CNc1ccc(C#N)cc1[N+](=O)[O-]. The fourth-order valence-electron chi connectivity index (χ4n) is 1.65. The number of aromatic amines is 1. The van der Waals surface area contributed by atoms with Crippen molar-refractivity contribution in [1.82, 2.24) is 9.97 Å². The van der Waals surface area contributed by atoms with E-state index < -0.39 is 4.92 Å². The van der Waals surface area contributed by atoms with Crippen molar-refractivity contribution in [2.24, 2.45) is 0 Å². The minimum Gasteiger partial charge on any atom is -0.374 e. The maximum absolute atomic E-state index is 11.0. The van der Waals surface area contributed by atoms with Gasteiger partial charge in [-0.2, -0.15) is 5.26 Å². The van der Waals surface area contributed by atoms with Crippen molar-refractivity contribution < 1.29 is 4.92 Å². The number of hydrogen-bond acceptors (Lipinski definition) is 5. The zero-order valence-electron chi connectivity index (χ0n) is 10.2. The lowest BCUT2D eigenvalue weighted by Crippen LogP contribution is -2.04. The van der Waals surface area contributed by atoms with Gasteiger partial charge in [-0.05, 0) is 19.1 Å². The smallest absolute Gasteiger partial charge is 0.293 e. The van der Waals surface area contributed by atoms with Crippen LogP contribution >= 0.6 is 0 Å². The molecule has 1 aromatic heterocycles. The third kappa shape index (κ3) is 2.69. The summed E-state index contributed by atoms with van der Waals surface area (Å²) in [4.78, 5) is 17.5. The van der Waals surface area contributed by atoms with Crippen molar-refractivity contribution in [3.05, 3.63) is 51.6 Å². The van der Waals surface area contributed by atoms with Crippen LogP contribution in [0.4, 0.5) is 11.4 Å². The molecular weight excluding hydrogens is 246 g/mol. The summed E-state index contributed by atoms with van der Waals surface area (Å²) < 4.78 is 0. The molecule has 0 spiro atoms. The monoisotopic (exact) mass is 257 g/mol. The third-order valence-electron chi connectivity index (χ3n) is 2.70. The van der Waals surface area contributed by atoms with Gasteiger partial charge >= 0.3 is 0 Å². The van der Waals surface area contributed by atoms with E-state index in [2.05, 4.69) is 15.3 Å². The molecule has 0 atom stereocenters. The molecule has 0 radical (unpaired) electrons. The molecule has 0 saturated heterocycles. The predicted molar refractivity (Wildman–Crippen MR) is 68.5 cm³/mol. The summed E-state index contributed by atoms with van der Waals surface area (Å²) in [6, 6.07) is 6.19. The lowest BCUT2D eigenvalue weighted by Gasteiger charge is -2.06. The lowest BCUT2D eigenvalue weighted by atomic mass is 10.2. The van der Waals surface area contributed by atoms with Gasteiger partial charge in [0.25, 0.3) is 5.69 Å². The van der Waals surface area contributed by atoms with Crippen molar-refractivity contribution in [3.63, 3.8) is 0 Å². The Kier molecular flexibility index (Phi) is 3.43. The molecule has 0 aliphatic rings. The highest BCUT2D eigenvalue weighted by atomic mass is 16.6. The van der Waals surface area contributed by atoms with Gasteiger partial charge < -0.3 is 10.3 Å². The minimum absolute atomic E-state index is 0.118. The van der Waals surface area contributed by atoms with E-state index in [0.717, 1.165) is 11.4 Å². The van der Waals surface area contributed by atoms with Crippen LogP contribution in [-0.2, 0) is 6.54 Å². The summed E-state index contributed by atoms with van der Waals surface area (Å²) in [6.07, 6.45) is 1.57. The van der Waals surface area contributed by atoms with Crippen molar-refractivity contribution in [3.8, 4) is 6.07 Å². The zero-order chi connectivity index (χ0) is 13.8. The normalized spacial score (nSPS) is 9.89. The number of H-pyrrole nitrogens is 1. The molecule has 0 unspecified atom stereocenters. The number of benzene rings is 1. The number of nitriles is 1. The summed E-state index contributed by atoms with van der Waals surface area (Å²) in [5.74, 6) is 0. The van der Waals surface area contributed by atoms with E-state index in [0.29, 0.717) is 12.2 Å². The summed E-state index contributed by atoms with van der Waals surface area (Å²) >= 11 is 0. The number of anilines is 1. The van der Waals surface area contributed by atoms with E-state index in [-0.39, 0.29) is 11.3 Å². The molecule has 0 saturated carbocycles. The van der Waals surface area contributed by atoms with Gasteiger partial charge in [0.2, 0.25) is 0 Å². The zero-order valence-corrected chi connectivity index (χ0v) is 10.2. The molecule has 0 bridgehead atoms. The number of hydrogen-bond donors (Lipinski definition) is 2. The number of nitrogens with one attached hydrogen (secondary N) is 2. The highest BCUT2D eigenvalue weighted by molar-refractivity contribution is 5.64. The van der Waals surface area contributed by atoms with Crippen molar-refractivity contribution in [1.29, 1.82) is 5.26 Å². The van der Waals surface area contributed by atoms with Crippen LogP contribution in [0, 0.1) is 28.4 Å². The second-order valence-corrected chi connectivity index (χ2v) is 3.93. The van der Waals surface area contributed by atoms with Crippen molar-refractivity contribution >= 4 is 11.4 Å². The number of imidazole rings is 1. The van der Waals surface area contributed by atoms with Crippen LogP contribution in [0.2, 0.25) is 0 Å². The second kappa shape index (κ2) is 5.18. The largest absolute Gasteiger partial charge is 0.374 e. The summed E-state index contributed by atoms with van der Waals surface area (Å²) in [7, 11) is 0. The minimum atomic E-state index is -0.513. The Morgan fingerprint density at radius 2 is 2.37 bits per heavy atom. The molecule has 0 amide bonds. The Balaban J connectivity index is 2.23. The molecular formula is C12H11N5O2. The maximum Gasteiger partial charge on any atom is 0.293 e. The van der Waals surface area contributed by atoms with Gasteiger partial charge in [-0.15, -0.1) is 0 Å². The fraction of sp³-hybridized carbons (Fsp3) is 0.167. The van der Waals surface area contributed by atoms with Crippen LogP contribution in [0.1, 0.15) is 17.0 Å². The molecule has 0 aliphatic heterocycles. The molecule has 0 aliphatic carbocycles.